The van der Waals surface area contributed by atoms with Crippen molar-refractivity contribution < 1.29 is 18.4 Å². The van der Waals surface area contributed by atoms with E-state index >= 15 is 0 Å². The van der Waals surface area contributed by atoms with Crippen molar-refractivity contribution in [1.29, 1.82) is 0 Å². The van der Waals surface area contributed by atoms with Gasteiger partial charge < -0.3 is 9.05 Å². The quantitative estimate of drug-likeness (QED) is 0.526. The number of carbonyl (C=O) groups excluding carboxylic acids is 1. The highest BCUT2D eigenvalue weighted by Crippen LogP contribution is 2.60. The standard InChI is InChI=1S/C20H23O4P/c1-19(2)20(3,4)24-25(23-19)22-18(16-13-9-6-10-14-16)17(21)15-11-7-5-8-12-15/h5-14,18H,1-4H3. The smallest absolute Gasteiger partial charge is 0.303 e. The number of ketones is 1. The molecule has 5 heteroatoms. The van der Waals surface area contributed by atoms with E-state index in [2.05, 4.69) is 0 Å². The van der Waals surface area contributed by atoms with E-state index in [0.29, 0.717) is 5.56 Å². The Balaban J connectivity index is 1.87. The maximum atomic E-state index is 13.0. The number of hydrogen-bond acceptors (Lipinski definition) is 4. The van der Waals surface area contributed by atoms with Gasteiger partial charge >= 0.3 is 8.60 Å². The largest absolute Gasteiger partial charge is 0.335 e. The summed E-state index contributed by atoms with van der Waals surface area (Å²) in [5.41, 5.74) is 0.406. The van der Waals surface area contributed by atoms with Gasteiger partial charge in [-0.3, -0.25) is 9.32 Å². The number of Topliss-reactive ketones (excluding diaryl/α,β-unsaturated/α-hetero) is 1. The van der Waals surface area contributed by atoms with Gasteiger partial charge in [0.05, 0.1) is 0 Å². The molecule has 132 valence electrons. The minimum atomic E-state index is -1.63. The Morgan fingerprint density at radius 2 is 1.36 bits per heavy atom. The zero-order valence-electron chi connectivity index (χ0n) is 14.9. The van der Waals surface area contributed by atoms with Crippen LogP contribution in [0, 0.1) is 0 Å². The summed E-state index contributed by atoms with van der Waals surface area (Å²) in [5, 5.41) is 0. The minimum absolute atomic E-state index is 0.107. The first-order chi connectivity index (χ1) is 11.8. The molecular formula is C20H23O4P. The lowest BCUT2D eigenvalue weighted by Crippen LogP contribution is -2.41. The summed E-state index contributed by atoms with van der Waals surface area (Å²) in [4.78, 5) is 13.0. The van der Waals surface area contributed by atoms with Crippen molar-refractivity contribution in [3.63, 3.8) is 0 Å². The maximum absolute atomic E-state index is 13.0. The normalized spacial score (nSPS) is 20.3. The average Bonchev–Trinajstić information content (AvgIpc) is 2.80. The summed E-state index contributed by atoms with van der Waals surface area (Å²) in [5.74, 6) is -0.107. The van der Waals surface area contributed by atoms with E-state index < -0.39 is 25.9 Å². The van der Waals surface area contributed by atoms with Gasteiger partial charge in [0.2, 0.25) is 0 Å². The summed E-state index contributed by atoms with van der Waals surface area (Å²) in [6, 6.07) is 18.6. The fourth-order valence-corrected chi connectivity index (χ4v) is 4.08. The molecule has 0 radical (unpaired) electrons. The second-order valence-electron chi connectivity index (χ2n) is 7.05. The lowest BCUT2D eigenvalue weighted by Gasteiger charge is -2.29. The Morgan fingerprint density at radius 1 is 0.880 bits per heavy atom. The summed E-state index contributed by atoms with van der Waals surface area (Å²) >= 11 is 0. The van der Waals surface area contributed by atoms with Gasteiger partial charge in [0.25, 0.3) is 0 Å². The van der Waals surface area contributed by atoms with Gasteiger partial charge in [0.1, 0.15) is 11.2 Å². The fourth-order valence-electron chi connectivity index (χ4n) is 2.38. The van der Waals surface area contributed by atoms with Gasteiger partial charge in [-0.1, -0.05) is 60.7 Å². The van der Waals surface area contributed by atoms with Crippen molar-refractivity contribution >= 4 is 14.4 Å². The van der Waals surface area contributed by atoms with E-state index in [1.54, 1.807) is 12.1 Å². The highest BCUT2D eigenvalue weighted by Gasteiger charge is 2.52. The molecule has 1 heterocycles. The van der Waals surface area contributed by atoms with Gasteiger partial charge in [0, 0.05) is 5.56 Å². The Labute approximate surface area is 150 Å². The molecule has 0 amide bonds. The van der Waals surface area contributed by atoms with E-state index in [0.717, 1.165) is 5.56 Å². The molecule has 1 aliphatic rings. The number of rotatable bonds is 5. The molecule has 0 spiro atoms. The first-order valence-corrected chi connectivity index (χ1v) is 9.39. The van der Waals surface area contributed by atoms with E-state index in [4.69, 9.17) is 13.6 Å². The molecule has 4 nitrogen and oxygen atoms in total. The van der Waals surface area contributed by atoms with Crippen LogP contribution in [0.1, 0.15) is 49.7 Å². The molecule has 0 aliphatic carbocycles. The van der Waals surface area contributed by atoms with Gasteiger partial charge in [-0.2, -0.15) is 0 Å². The van der Waals surface area contributed by atoms with E-state index in [9.17, 15) is 4.79 Å². The summed E-state index contributed by atoms with van der Waals surface area (Å²) in [6.45, 7) is 7.87. The molecule has 1 saturated heterocycles. The van der Waals surface area contributed by atoms with Gasteiger partial charge in [-0.25, -0.2) is 0 Å². The van der Waals surface area contributed by atoms with Crippen molar-refractivity contribution in [2.45, 2.75) is 45.0 Å². The molecule has 1 fully saturated rings. The third-order valence-electron chi connectivity index (χ3n) is 4.65. The maximum Gasteiger partial charge on any atom is 0.335 e. The minimum Gasteiger partial charge on any atom is -0.303 e. The first kappa shape index (κ1) is 18.2. The second-order valence-corrected chi connectivity index (χ2v) is 8.08. The molecule has 1 unspecified atom stereocenters. The number of carbonyl (C=O) groups is 1. The second kappa shape index (κ2) is 6.97. The highest BCUT2D eigenvalue weighted by molar-refractivity contribution is 7.42. The molecule has 2 aromatic carbocycles. The van der Waals surface area contributed by atoms with Crippen LogP contribution in [-0.4, -0.2) is 17.0 Å². The summed E-state index contributed by atoms with van der Waals surface area (Å²) < 4.78 is 18.0. The number of hydrogen-bond donors (Lipinski definition) is 0. The topological polar surface area (TPSA) is 44.8 Å². The SMILES string of the molecule is CC1(C)OP(OC(C(=O)c2ccccc2)c2ccccc2)OC1(C)C. The molecule has 0 aromatic heterocycles. The Bertz CT molecular complexity index is 712. The van der Waals surface area contributed by atoms with Crippen LogP contribution in [0.2, 0.25) is 0 Å². The van der Waals surface area contributed by atoms with Crippen molar-refractivity contribution in [3.8, 4) is 0 Å². The summed E-state index contributed by atoms with van der Waals surface area (Å²) in [7, 11) is -1.63. The molecule has 0 saturated carbocycles. The van der Waals surface area contributed by atoms with Crippen molar-refractivity contribution in [3.05, 3.63) is 71.8 Å². The molecule has 2 aromatic rings. The van der Waals surface area contributed by atoms with Gasteiger partial charge in [-0.15, -0.1) is 0 Å². The van der Waals surface area contributed by atoms with Crippen LogP contribution in [0.3, 0.4) is 0 Å². The lowest BCUT2D eigenvalue weighted by molar-refractivity contribution is 0.00578. The van der Waals surface area contributed by atoms with Crippen LogP contribution < -0.4 is 0 Å². The fraction of sp³-hybridized carbons (Fsp3) is 0.350. The van der Waals surface area contributed by atoms with Crippen LogP contribution in [0.15, 0.2) is 60.7 Å². The van der Waals surface area contributed by atoms with E-state index in [-0.39, 0.29) is 5.78 Å². The Kier molecular flexibility index (Phi) is 5.08. The van der Waals surface area contributed by atoms with Gasteiger partial charge in [0.15, 0.2) is 11.9 Å². The van der Waals surface area contributed by atoms with Crippen molar-refractivity contribution in [2.24, 2.45) is 0 Å². The molecule has 0 bridgehead atoms. The molecule has 3 rings (SSSR count). The molecular weight excluding hydrogens is 335 g/mol. The van der Waals surface area contributed by atoms with Crippen molar-refractivity contribution in [1.82, 2.24) is 0 Å². The van der Waals surface area contributed by atoms with Crippen LogP contribution in [0.4, 0.5) is 0 Å². The number of benzene rings is 2. The van der Waals surface area contributed by atoms with Crippen LogP contribution in [0.5, 0.6) is 0 Å². The summed E-state index contributed by atoms with van der Waals surface area (Å²) in [6.07, 6.45) is -0.764. The molecule has 25 heavy (non-hydrogen) atoms. The van der Waals surface area contributed by atoms with Crippen molar-refractivity contribution in [2.75, 3.05) is 0 Å². The first-order valence-electron chi connectivity index (χ1n) is 8.29. The predicted octanol–water partition coefficient (Wildman–Crippen LogP) is 5.46. The van der Waals surface area contributed by atoms with Crippen LogP contribution in [0.25, 0.3) is 0 Å². The van der Waals surface area contributed by atoms with Gasteiger partial charge in [-0.05, 0) is 33.3 Å². The Hall–Kier alpha value is -1.58. The zero-order valence-corrected chi connectivity index (χ0v) is 15.8. The molecule has 1 atom stereocenters. The molecule has 1 aliphatic heterocycles. The monoisotopic (exact) mass is 358 g/mol. The van der Waals surface area contributed by atoms with E-state index in [1.807, 2.05) is 76.2 Å². The van der Waals surface area contributed by atoms with Crippen LogP contribution in [-0.2, 0) is 13.6 Å². The predicted molar refractivity (Wildman–Crippen MR) is 98.3 cm³/mol. The molecule has 0 N–H and O–H groups in total. The van der Waals surface area contributed by atoms with Crippen LogP contribution >= 0.6 is 8.60 Å². The lowest BCUT2D eigenvalue weighted by atomic mass is 9.90. The third-order valence-corrected chi connectivity index (χ3v) is 6.24. The zero-order chi connectivity index (χ0) is 18.1. The third kappa shape index (κ3) is 3.83. The Morgan fingerprint density at radius 3 is 1.88 bits per heavy atom. The highest BCUT2D eigenvalue weighted by atomic mass is 31.2. The average molecular weight is 358 g/mol. The van der Waals surface area contributed by atoms with E-state index in [1.165, 1.54) is 0 Å².